The average Bonchev–Trinajstić information content (AvgIpc) is 2.04. The lowest BCUT2D eigenvalue weighted by Gasteiger charge is -2.09. The molecule has 0 radical (unpaired) electrons. The van der Waals surface area contributed by atoms with Crippen LogP contribution in [-0.4, -0.2) is 16.6 Å². The number of hydrogen-bond acceptors (Lipinski definition) is 2. The molecule has 0 bridgehead atoms. The summed E-state index contributed by atoms with van der Waals surface area (Å²) in [5.74, 6) is 0.823. The highest BCUT2D eigenvalue weighted by Gasteiger charge is 1.99. The third-order valence-corrected chi connectivity index (χ3v) is 2.46. The fourth-order valence-corrected chi connectivity index (χ4v) is 1.50. The molecule has 0 unspecified atom stereocenters. The summed E-state index contributed by atoms with van der Waals surface area (Å²) in [6.45, 7) is 3.96. The van der Waals surface area contributed by atoms with Crippen LogP contribution >= 0.6 is 0 Å². The smallest absolute Gasteiger partial charge is 0.119 e. The van der Waals surface area contributed by atoms with Gasteiger partial charge in [-0.25, -0.2) is 0 Å². The molecule has 1 aromatic rings. The highest BCUT2D eigenvalue weighted by molar-refractivity contribution is 7.84. The Labute approximate surface area is 81.4 Å². The zero-order valence-corrected chi connectivity index (χ0v) is 8.93. The van der Waals surface area contributed by atoms with Gasteiger partial charge in [0, 0.05) is 22.0 Å². The van der Waals surface area contributed by atoms with Crippen LogP contribution in [-0.2, 0) is 10.8 Å². The maximum absolute atomic E-state index is 11.0. The molecule has 0 aliphatic rings. The Morgan fingerprint density at radius 1 is 1.23 bits per heavy atom. The maximum atomic E-state index is 11.0. The van der Waals surface area contributed by atoms with Gasteiger partial charge in [0.15, 0.2) is 0 Å². The zero-order chi connectivity index (χ0) is 9.84. The van der Waals surface area contributed by atoms with Crippen molar-refractivity contribution in [2.45, 2.75) is 24.8 Å². The van der Waals surface area contributed by atoms with Gasteiger partial charge in [0.05, 0.1) is 6.10 Å². The molecular formula is C10H14O2S. The van der Waals surface area contributed by atoms with Crippen LogP contribution in [0.3, 0.4) is 0 Å². The maximum Gasteiger partial charge on any atom is 0.119 e. The molecule has 0 spiro atoms. The summed E-state index contributed by atoms with van der Waals surface area (Å²) >= 11 is 0. The predicted octanol–water partition coefficient (Wildman–Crippen LogP) is 2.21. The third-order valence-electron chi connectivity index (χ3n) is 1.53. The summed E-state index contributed by atoms with van der Waals surface area (Å²) in [5, 5.41) is 0. The van der Waals surface area contributed by atoms with Crippen LogP contribution in [0.2, 0.25) is 0 Å². The Kier molecular flexibility index (Phi) is 3.48. The van der Waals surface area contributed by atoms with E-state index in [0.717, 1.165) is 10.6 Å². The molecule has 2 nitrogen and oxygen atoms in total. The summed E-state index contributed by atoms with van der Waals surface area (Å²) in [5.41, 5.74) is 0. The van der Waals surface area contributed by atoms with E-state index in [4.69, 9.17) is 4.74 Å². The lowest BCUT2D eigenvalue weighted by Crippen LogP contribution is -2.05. The number of hydrogen-bond donors (Lipinski definition) is 0. The lowest BCUT2D eigenvalue weighted by atomic mass is 10.3. The van der Waals surface area contributed by atoms with Crippen LogP contribution in [0.5, 0.6) is 5.75 Å². The quantitative estimate of drug-likeness (QED) is 0.744. The Morgan fingerprint density at radius 3 is 2.15 bits per heavy atom. The summed E-state index contributed by atoms with van der Waals surface area (Å²) in [7, 11) is -0.905. The van der Waals surface area contributed by atoms with Crippen molar-refractivity contribution < 1.29 is 8.95 Å². The molecule has 0 heterocycles. The molecule has 0 aromatic heterocycles. The highest BCUT2D eigenvalue weighted by atomic mass is 32.2. The molecule has 1 rings (SSSR count). The van der Waals surface area contributed by atoms with Crippen LogP contribution in [0, 0.1) is 0 Å². The summed E-state index contributed by atoms with van der Waals surface area (Å²) in [6, 6.07) is 7.34. The first kappa shape index (κ1) is 10.3. The molecule has 72 valence electrons. The minimum absolute atomic E-state index is 0.179. The van der Waals surface area contributed by atoms with E-state index in [1.165, 1.54) is 0 Å². The largest absolute Gasteiger partial charge is 0.491 e. The van der Waals surface area contributed by atoms with Gasteiger partial charge >= 0.3 is 0 Å². The molecule has 0 aliphatic carbocycles. The predicted molar refractivity (Wildman–Crippen MR) is 54.5 cm³/mol. The number of benzene rings is 1. The van der Waals surface area contributed by atoms with Crippen molar-refractivity contribution >= 4 is 10.8 Å². The minimum atomic E-state index is -0.905. The first-order valence-corrected chi connectivity index (χ1v) is 5.75. The van der Waals surface area contributed by atoms with Crippen LogP contribution in [0.4, 0.5) is 0 Å². The standard InChI is InChI=1S/C10H14O2S/c1-8(2)12-9-4-6-10(7-5-9)13(3)11/h4-8H,1-3H3/t13-/m0/s1. The van der Waals surface area contributed by atoms with E-state index in [2.05, 4.69) is 0 Å². The van der Waals surface area contributed by atoms with Gasteiger partial charge in [-0.1, -0.05) is 0 Å². The van der Waals surface area contributed by atoms with Crippen LogP contribution in [0.1, 0.15) is 13.8 Å². The van der Waals surface area contributed by atoms with E-state index in [0.29, 0.717) is 0 Å². The Hall–Kier alpha value is -0.830. The number of ether oxygens (including phenoxy) is 1. The van der Waals surface area contributed by atoms with E-state index in [9.17, 15) is 4.21 Å². The molecule has 0 aliphatic heterocycles. The molecule has 0 amide bonds. The monoisotopic (exact) mass is 198 g/mol. The molecule has 1 aromatic carbocycles. The van der Waals surface area contributed by atoms with Crippen LogP contribution < -0.4 is 4.74 Å². The third kappa shape index (κ3) is 3.19. The van der Waals surface area contributed by atoms with E-state index in [1.54, 1.807) is 6.26 Å². The van der Waals surface area contributed by atoms with Gasteiger partial charge in [-0.15, -0.1) is 0 Å². The van der Waals surface area contributed by atoms with Crippen LogP contribution in [0.15, 0.2) is 29.2 Å². The molecule has 3 heteroatoms. The Balaban J connectivity index is 2.75. The molecule has 0 saturated carbocycles. The second-order valence-corrected chi connectivity index (χ2v) is 4.47. The van der Waals surface area contributed by atoms with Crippen molar-refractivity contribution in [3.05, 3.63) is 24.3 Å². The van der Waals surface area contributed by atoms with E-state index < -0.39 is 10.8 Å². The van der Waals surface area contributed by atoms with Crippen molar-refractivity contribution in [1.82, 2.24) is 0 Å². The topological polar surface area (TPSA) is 26.3 Å². The Morgan fingerprint density at radius 2 is 1.77 bits per heavy atom. The summed E-state index contributed by atoms with van der Waals surface area (Å²) in [6.07, 6.45) is 1.84. The van der Waals surface area contributed by atoms with Gasteiger partial charge in [-0.3, -0.25) is 4.21 Å². The highest BCUT2D eigenvalue weighted by Crippen LogP contribution is 2.15. The fourth-order valence-electron chi connectivity index (χ4n) is 0.982. The average molecular weight is 198 g/mol. The van der Waals surface area contributed by atoms with E-state index in [1.807, 2.05) is 38.1 Å². The van der Waals surface area contributed by atoms with Crippen molar-refractivity contribution in [3.8, 4) is 5.75 Å². The SMILES string of the molecule is CC(C)Oc1ccc([S@](C)=O)cc1. The molecule has 1 atom stereocenters. The first-order valence-electron chi connectivity index (χ1n) is 4.19. The van der Waals surface area contributed by atoms with Gasteiger partial charge in [-0.05, 0) is 38.1 Å². The van der Waals surface area contributed by atoms with Gasteiger partial charge < -0.3 is 4.74 Å². The summed E-state index contributed by atoms with van der Waals surface area (Å²) in [4.78, 5) is 0.830. The molecule has 13 heavy (non-hydrogen) atoms. The molecular weight excluding hydrogens is 184 g/mol. The van der Waals surface area contributed by atoms with Crippen molar-refractivity contribution in [1.29, 1.82) is 0 Å². The van der Waals surface area contributed by atoms with Crippen molar-refractivity contribution in [3.63, 3.8) is 0 Å². The van der Waals surface area contributed by atoms with Crippen LogP contribution in [0.25, 0.3) is 0 Å². The second kappa shape index (κ2) is 4.42. The van der Waals surface area contributed by atoms with Gasteiger partial charge in [0.25, 0.3) is 0 Å². The number of rotatable bonds is 3. The van der Waals surface area contributed by atoms with E-state index >= 15 is 0 Å². The van der Waals surface area contributed by atoms with Gasteiger partial charge in [0.2, 0.25) is 0 Å². The van der Waals surface area contributed by atoms with Crippen molar-refractivity contribution in [2.75, 3.05) is 6.26 Å². The van der Waals surface area contributed by atoms with Crippen molar-refractivity contribution in [2.24, 2.45) is 0 Å². The lowest BCUT2D eigenvalue weighted by molar-refractivity contribution is 0.242. The summed E-state index contributed by atoms with van der Waals surface area (Å²) < 4.78 is 16.5. The minimum Gasteiger partial charge on any atom is -0.491 e. The molecule has 0 N–H and O–H groups in total. The first-order chi connectivity index (χ1) is 6.09. The normalized spacial score (nSPS) is 12.9. The second-order valence-electron chi connectivity index (χ2n) is 3.09. The molecule has 0 saturated heterocycles. The van der Waals surface area contributed by atoms with E-state index in [-0.39, 0.29) is 6.10 Å². The van der Waals surface area contributed by atoms with Gasteiger partial charge in [0.1, 0.15) is 5.75 Å². The Bertz CT molecular complexity index is 290. The zero-order valence-electron chi connectivity index (χ0n) is 8.11. The van der Waals surface area contributed by atoms with Gasteiger partial charge in [-0.2, -0.15) is 0 Å². The fraction of sp³-hybridized carbons (Fsp3) is 0.400. The molecule has 0 fully saturated rings.